The number of halogens is 2. The van der Waals surface area contributed by atoms with Crippen molar-refractivity contribution < 1.29 is 9.59 Å². The topological polar surface area (TPSA) is 67.2 Å². The fraction of sp³-hybridized carbons (Fsp3) is 0.286. The summed E-state index contributed by atoms with van der Waals surface area (Å²) < 4.78 is 1.70. The van der Waals surface area contributed by atoms with Gasteiger partial charge in [-0.25, -0.2) is 4.68 Å². The highest BCUT2D eigenvalue weighted by molar-refractivity contribution is 7.12. The first kappa shape index (κ1) is 20.9. The highest BCUT2D eigenvalue weighted by Crippen LogP contribution is 2.24. The summed E-state index contributed by atoms with van der Waals surface area (Å²) in [4.78, 5) is 27.8. The molecule has 1 fully saturated rings. The van der Waals surface area contributed by atoms with Gasteiger partial charge in [0.25, 0.3) is 5.91 Å². The maximum atomic E-state index is 12.8. The van der Waals surface area contributed by atoms with E-state index in [0.29, 0.717) is 48.3 Å². The first-order valence-corrected chi connectivity index (χ1v) is 11.2. The van der Waals surface area contributed by atoms with E-state index in [9.17, 15) is 9.59 Å². The van der Waals surface area contributed by atoms with Crippen molar-refractivity contribution in [2.24, 2.45) is 5.92 Å². The summed E-state index contributed by atoms with van der Waals surface area (Å²) in [5, 5.41) is 10.3. The molecule has 0 spiro atoms. The molecule has 6 nitrogen and oxygen atoms in total. The summed E-state index contributed by atoms with van der Waals surface area (Å²) in [6, 6.07) is 10.8. The van der Waals surface area contributed by atoms with Crippen molar-refractivity contribution in [2.45, 2.75) is 19.4 Å². The molecule has 2 amide bonds. The average Bonchev–Trinajstić information content (AvgIpc) is 3.42. The molecule has 0 saturated carbocycles. The number of nitrogens with zero attached hydrogens (tertiary/aromatic N) is 3. The maximum Gasteiger partial charge on any atom is 0.263 e. The van der Waals surface area contributed by atoms with E-state index in [0.717, 1.165) is 10.4 Å². The SMILES string of the molecule is O=C(Nc1ccnn1Cc1ccc(Cl)cc1Cl)C1CCN(C(=O)c2cccs2)CC1. The Morgan fingerprint density at radius 3 is 2.67 bits per heavy atom. The number of rotatable bonds is 5. The fourth-order valence-corrected chi connectivity index (χ4v) is 4.66. The second-order valence-corrected chi connectivity index (χ2v) is 8.93. The van der Waals surface area contributed by atoms with Gasteiger partial charge in [0, 0.05) is 35.1 Å². The number of nitrogens with one attached hydrogen (secondary N) is 1. The second-order valence-electron chi connectivity index (χ2n) is 7.14. The van der Waals surface area contributed by atoms with Crippen LogP contribution in [0.15, 0.2) is 48.0 Å². The van der Waals surface area contributed by atoms with E-state index in [-0.39, 0.29) is 17.7 Å². The molecule has 3 heterocycles. The number of carbonyl (C=O) groups excluding carboxylic acids is 2. The molecule has 3 aromatic rings. The van der Waals surface area contributed by atoms with E-state index in [1.807, 2.05) is 28.5 Å². The Bertz CT molecular complexity index is 1040. The lowest BCUT2D eigenvalue weighted by atomic mass is 9.96. The average molecular weight is 463 g/mol. The van der Waals surface area contributed by atoms with Gasteiger partial charge in [-0.15, -0.1) is 11.3 Å². The summed E-state index contributed by atoms with van der Waals surface area (Å²) in [5.74, 6) is 0.465. The van der Waals surface area contributed by atoms with Crippen molar-refractivity contribution in [1.82, 2.24) is 14.7 Å². The third-order valence-corrected chi connectivity index (χ3v) is 6.63. The highest BCUT2D eigenvalue weighted by Gasteiger charge is 2.28. The van der Waals surface area contributed by atoms with E-state index in [4.69, 9.17) is 23.2 Å². The predicted octanol–water partition coefficient (Wildman–Crippen LogP) is 4.79. The van der Waals surface area contributed by atoms with E-state index in [1.165, 1.54) is 11.3 Å². The van der Waals surface area contributed by atoms with Crippen molar-refractivity contribution in [3.8, 4) is 0 Å². The van der Waals surface area contributed by atoms with Crippen molar-refractivity contribution in [1.29, 1.82) is 0 Å². The lowest BCUT2D eigenvalue weighted by molar-refractivity contribution is -0.121. The van der Waals surface area contributed by atoms with Crippen molar-refractivity contribution in [3.63, 3.8) is 0 Å². The number of amides is 2. The highest BCUT2D eigenvalue weighted by atomic mass is 35.5. The zero-order chi connectivity index (χ0) is 21.1. The third-order valence-electron chi connectivity index (χ3n) is 5.19. The van der Waals surface area contributed by atoms with Gasteiger partial charge in [-0.2, -0.15) is 5.10 Å². The largest absolute Gasteiger partial charge is 0.338 e. The second kappa shape index (κ2) is 9.20. The molecular weight excluding hydrogens is 443 g/mol. The van der Waals surface area contributed by atoms with Crippen LogP contribution in [0.2, 0.25) is 10.0 Å². The number of hydrogen-bond acceptors (Lipinski definition) is 4. The molecule has 1 aliphatic heterocycles. The molecule has 0 bridgehead atoms. The van der Waals surface area contributed by atoms with Gasteiger partial charge in [-0.3, -0.25) is 9.59 Å². The van der Waals surface area contributed by atoms with Crippen LogP contribution in [0.4, 0.5) is 5.82 Å². The Hall–Kier alpha value is -2.35. The van der Waals surface area contributed by atoms with Gasteiger partial charge in [0.05, 0.1) is 17.6 Å². The molecule has 1 saturated heterocycles. The molecule has 9 heteroatoms. The number of piperidine rings is 1. The molecule has 0 unspecified atom stereocenters. The summed E-state index contributed by atoms with van der Waals surface area (Å²) in [6.45, 7) is 1.58. The van der Waals surface area contributed by atoms with Crippen molar-refractivity contribution in [3.05, 3.63) is 68.5 Å². The van der Waals surface area contributed by atoms with Crippen LogP contribution in [0, 0.1) is 5.92 Å². The van der Waals surface area contributed by atoms with Crippen LogP contribution in [-0.2, 0) is 11.3 Å². The lowest BCUT2D eigenvalue weighted by Gasteiger charge is -2.31. The molecule has 1 N–H and O–H groups in total. The van der Waals surface area contributed by atoms with Crippen LogP contribution < -0.4 is 5.32 Å². The van der Waals surface area contributed by atoms with Crippen LogP contribution in [-0.4, -0.2) is 39.6 Å². The van der Waals surface area contributed by atoms with Gasteiger partial charge in [-0.1, -0.05) is 35.3 Å². The smallest absolute Gasteiger partial charge is 0.263 e. The Balaban J connectivity index is 1.35. The molecule has 1 aromatic carbocycles. The molecule has 1 aliphatic rings. The van der Waals surface area contributed by atoms with Crippen LogP contribution in [0.1, 0.15) is 28.1 Å². The number of hydrogen-bond donors (Lipinski definition) is 1. The van der Waals surface area contributed by atoms with E-state index >= 15 is 0 Å². The summed E-state index contributed by atoms with van der Waals surface area (Å²) in [5.41, 5.74) is 0.862. The Morgan fingerprint density at radius 1 is 1.17 bits per heavy atom. The van der Waals surface area contributed by atoms with Gasteiger partial charge in [0.15, 0.2) is 0 Å². The van der Waals surface area contributed by atoms with Crippen LogP contribution in [0.3, 0.4) is 0 Å². The maximum absolute atomic E-state index is 12.8. The number of benzene rings is 1. The molecule has 0 radical (unpaired) electrons. The van der Waals surface area contributed by atoms with Crippen molar-refractivity contribution >= 4 is 52.2 Å². The number of carbonyl (C=O) groups is 2. The fourth-order valence-electron chi connectivity index (χ4n) is 3.51. The minimum absolute atomic E-state index is 0.0433. The molecular formula is C21H20Cl2N4O2S. The molecule has 4 rings (SSSR count). The molecule has 156 valence electrons. The Labute approximate surface area is 188 Å². The van der Waals surface area contributed by atoms with Gasteiger partial charge >= 0.3 is 0 Å². The van der Waals surface area contributed by atoms with Gasteiger partial charge in [0.2, 0.25) is 5.91 Å². The predicted molar refractivity (Wildman–Crippen MR) is 119 cm³/mol. The Morgan fingerprint density at radius 2 is 1.97 bits per heavy atom. The quantitative estimate of drug-likeness (QED) is 0.592. The van der Waals surface area contributed by atoms with Crippen molar-refractivity contribution in [2.75, 3.05) is 18.4 Å². The molecule has 2 aromatic heterocycles. The van der Waals surface area contributed by atoms with Gasteiger partial charge in [-0.05, 0) is 42.0 Å². The monoisotopic (exact) mass is 462 g/mol. The standard InChI is InChI=1S/C21H20Cl2N4O2S/c22-16-4-3-15(17(23)12-16)13-27-19(5-8-24-27)25-20(28)14-6-9-26(10-7-14)21(29)18-2-1-11-30-18/h1-5,8,11-12,14H,6-7,9-10,13H2,(H,25,28). The zero-order valence-electron chi connectivity index (χ0n) is 16.1. The summed E-state index contributed by atoms with van der Waals surface area (Å²) >= 11 is 13.7. The summed E-state index contributed by atoms with van der Waals surface area (Å²) in [7, 11) is 0. The van der Waals surface area contributed by atoms with Crippen LogP contribution in [0.25, 0.3) is 0 Å². The van der Waals surface area contributed by atoms with E-state index < -0.39 is 0 Å². The number of anilines is 1. The minimum Gasteiger partial charge on any atom is -0.338 e. The molecule has 30 heavy (non-hydrogen) atoms. The number of likely N-dealkylation sites (tertiary alicyclic amines) is 1. The first-order valence-electron chi connectivity index (χ1n) is 9.60. The zero-order valence-corrected chi connectivity index (χ0v) is 18.4. The molecule has 0 atom stereocenters. The van der Waals surface area contributed by atoms with Crippen LogP contribution in [0.5, 0.6) is 0 Å². The number of thiophene rings is 1. The minimum atomic E-state index is -0.139. The normalized spacial score (nSPS) is 14.7. The van der Waals surface area contributed by atoms with E-state index in [2.05, 4.69) is 10.4 Å². The lowest BCUT2D eigenvalue weighted by Crippen LogP contribution is -2.41. The first-order chi connectivity index (χ1) is 14.5. The van der Waals surface area contributed by atoms with Crippen LogP contribution >= 0.6 is 34.5 Å². The third kappa shape index (κ3) is 4.69. The van der Waals surface area contributed by atoms with E-state index in [1.54, 1.807) is 29.1 Å². The summed E-state index contributed by atoms with van der Waals surface area (Å²) in [6.07, 6.45) is 2.92. The van der Waals surface area contributed by atoms with Gasteiger partial charge < -0.3 is 10.2 Å². The Kier molecular flexibility index (Phi) is 6.41. The van der Waals surface area contributed by atoms with Gasteiger partial charge in [0.1, 0.15) is 5.82 Å². The number of aromatic nitrogens is 2. The molecule has 0 aliphatic carbocycles.